The van der Waals surface area contributed by atoms with E-state index in [0.717, 1.165) is 15.6 Å². The average Bonchev–Trinajstić information content (AvgIpc) is 2.80. The molecule has 5 heteroatoms. The van der Waals surface area contributed by atoms with Gasteiger partial charge in [0.15, 0.2) is 5.75 Å². The van der Waals surface area contributed by atoms with E-state index < -0.39 is 6.10 Å². The van der Waals surface area contributed by atoms with Crippen LogP contribution in [-0.2, 0) is 0 Å². The summed E-state index contributed by atoms with van der Waals surface area (Å²) in [6.45, 7) is 6.04. The van der Waals surface area contributed by atoms with Gasteiger partial charge in [-0.2, -0.15) is 5.10 Å². The molecule has 2 aromatic rings. The molecule has 1 unspecified atom stereocenters. The van der Waals surface area contributed by atoms with Crippen LogP contribution in [0.15, 0.2) is 28.9 Å². The van der Waals surface area contributed by atoms with Crippen LogP contribution in [0.1, 0.15) is 42.8 Å². The van der Waals surface area contributed by atoms with Gasteiger partial charge in [0.05, 0.1) is 13.3 Å². The molecule has 20 heavy (non-hydrogen) atoms. The summed E-state index contributed by atoms with van der Waals surface area (Å²) in [7, 11) is 1.59. The number of hydrogen-bond acceptors (Lipinski definition) is 3. The topological polar surface area (TPSA) is 47.3 Å². The zero-order chi connectivity index (χ0) is 14.9. The molecule has 0 bridgehead atoms. The SMILES string of the molecule is COc1cnn(C(C)C)c1C(O)c1cc(C)cc(Br)c1. The van der Waals surface area contributed by atoms with E-state index in [0.29, 0.717) is 11.4 Å². The average molecular weight is 339 g/mol. The number of aromatic nitrogens is 2. The van der Waals surface area contributed by atoms with Crippen molar-refractivity contribution in [1.29, 1.82) is 0 Å². The monoisotopic (exact) mass is 338 g/mol. The summed E-state index contributed by atoms with van der Waals surface area (Å²) in [5.41, 5.74) is 2.58. The molecular weight excluding hydrogens is 320 g/mol. The summed E-state index contributed by atoms with van der Waals surface area (Å²) in [5, 5.41) is 15.0. The molecule has 1 N–H and O–H groups in total. The van der Waals surface area contributed by atoms with Gasteiger partial charge in [-0.3, -0.25) is 4.68 Å². The van der Waals surface area contributed by atoms with Crippen molar-refractivity contribution in [3.8, 4) is 5.75 Å². The first kappa shape index (κ1) is 15.1. The second-order valence-corrected chi connectivity index (χ2v) is 6.02. The lowest BCUT2D eigenvalue weighted by molar-refractivity contribution is 0.199. The second-order valence-electron chi connectivity index (χ2n) is 5.10. The van der Waals surface area contributed by atoms with Gasteiger partial charge in [-0.15, -0.1) is 0 Å². The van der Waals surface area contributed by atoms with E-state index in [2.05, 4.69) is 21.0 Å². The van der Waals surface area contributed by atoms with Crippen molar-refractivity contribution < 1.29 is 9.84 Å². The molecule has 1 heterocycles. The Morgan fingerprint density at radius 1 is 1.30 bits per heavy atom. The number of nitrogens with zero attached hydrogens (tertiary/aromatic N) is 2. The highest BCUT2D eigenvalue weighted by Crippen LogP contribution is 2.33. The van der Waals surface area contributed by atoms with Gasteiger partial charge in [0.2, 0.25) is 0 Å². The molecule has 0 radical (unpaired) electrons. The lowest BCUT2D eigenvalue weighted by Gasteiger charge is -2.18. The number of rotatable bonds is 4. The minimum absolute atomic E-state index is 0.150. The Morgan fingerprint density at radius 3 is 2.55 bits per heavy atom. The van der Waals surface area contributed by atoms with Crippen LogP contribution in [0.2, 0.25) is 0 Å². The lowest BCUT2D eigenvalue weighted by Crippen LogP contribution is -2.13. The van der Waals surface area contributed by atoms with Crippen molar-refractivity contribution >= 4 is 15.9 Å². The zero-order valence-corrected chi connectivity index (χ0v) is 13.7. The van der Waals surface area contributed by atoms with Crippen LogP contribution < -0.4 is 4.74 Å². The van der Waals surface area contributed by atoms with Crippen LogP contribution in [0.3, 0.4) is 0 Å². The number of halogens is 1. The Bertz CT molecular complexity index is 588. The molecule has 1 aromatic heterocycles. The third-order valence-corrected chi connectivity index (χ3v) is 3.60. The van der Waals surface area contributed by atoms with Crippen LogP contribution in [0.25, 0.3) is 0 Å². The second kappa shape index (κ2) is 5.97. The molecule has 1 aromatic carbocycles. The summed E-state index contributed by atoms with van der Waals surface area (Å²) >= 11 is 3.46. The van der Waals surface area contributed by atoms with Gasteiger partial charge in [-0.25, -0.2) is 0 Å². The van der Waals surface area contributed by atoms with Crippen LogP contribution >= 0.6 is 15.9 Å². The number of aryl methyl sites for hydroxylation is 1. The zero-order valence-electron chi connectivity index (χ0n) is 12.1. The predicted octanol–water partition coefficient (Wildman–Crippen LogP) is 3.63. The normalized spacial score (nSPS) is 12.8. The van der Waals surface area contributed by atoms with Crippen LogP contribution in [0.4, 0.5) is 0 Å². The van der Waals surface area contributed by atoms with Gasteiger partial charge in [-0.05, 0) is 44.0 Å². The fourth-order valence-electron chi connectivity index (χ4n) is 2.27. The summed E-state index contributed by atoms with van der Waals surface area (Å²) in [5.74, 6) is 0.601. The Balaban J connectivity index is 2.51. The van der Waals surface area contributed by atoms with Gasteiger partial charge in [0.1, 0.15) is 11.8 Å². The van der Waals surface area contributed by atoms with E-state index in [1.165, 1.54) is 0 Å². The van der Waals surface area contributed by atoms with E-state index in [-0.39, 0.29) is 6.04 Å². The Hall–Kier alpha value is -1.33. The van der Waals surface area contributed by atoms with Crippen molar-refractivity contribution in [1.82, 2.24) is 9.78 Å². The number of methoxy groups -OCH3 is 1. The molecule has 108 valence electrons. The highest BCUT2D eigenvalue weighted by molar-refractivity contribution is 9.10. The van der Waals surface area contributed by atoms with E-state index in [1.807, 2.05) is 39.0 Å². The summed E-state index contributed by atoms with van der Waals surface area (Å²) in [6.07, 6.45) is 0.870. The number of aliphatic hydroxyl groups excluding tert-OH is 1. The number of ether oxygens (including phenoxy) is 1. The van der Waals surface area contributed by atoms with Crippen molar-refractivity contribution in [3.05, 3.63) is 45.7 Å². The fourth-order valence-corrected chi connectivity index (χ4v) is 2.89. The first-order valence-corrected chi connectivity index (χ1v) is 7.30. The highest BCUT2D eigenvalue weighted by Gasteiger charge is 2.23. The van der Waals surface area contributed by atoms with Gasteiger partial charge < -0.3 is 9.84 Å². The molecule has 0 fully saturated rings. The highest BCUT2D eigenvalue weighted by atomic mass is 79.9. The molecule has 0 amide bonds. The Kier molecular flexibility index (Phi) is 4.50. The minimum atomic E-state index is -0.772. The van der Waals surface area contributed by atoms with Gasteiger partial charge >= 0.3 is 0 Å². The maximum atomic E-state index is 10.7. The van der Waals surface area contributed by atoms with Gasteiger partial charge in [-0.1, -0.05) is 22.0 Å². The van der Waals surface area contributed by atoms with E-state index in [9.17, 15) is 5.11 Å². The van der Waals surface area contributed by atoms with E-state index in [4.69, 9.17) is 4.74 Å². The van der Waals surface area contributed by atoms with Crippen LogP contribution in [-0.4, -0.2) is 22.0 Å². The van der Waals surface area contributed by atoms with Crippen LogP contribution in [0, 0.1) is 6.92 Å². The standard InChI is InChI=1S/C15H19BrN2O2/c1-9(2)18-14(13(20-4)8-17-18)15(19)11-5-10(3)6-12(16)7-11/h5-9,15,19H,1-4H3. The molecule has 4 nitrogen and oxygen atoms in total. The van der Waals surface area contributed by atoms with Gasteiger partial charge in [0, 0.05) is 10.5 Å². The Morgan fingerprint density at radius 2 is 2.00 bits per heavy atom. The third-order valence-electron chi connectivity index (χ3n) is 3.15. The maximum Gasteiger partial charge on any atom is 0.163 e. The first-order valence-electron chi connectivity index (χ1n) is 6.50. The smallest absolute Gasteiger partial charge is 0.163 e. The largest absolute Gasteiger partial charge is 0.493 e. The number of aliphatic hydroxyl groups is 1. The molecule has 0 saturated carbocycles. The molecule has 1 atom stereocenters. The molecule has 0 saturated heterocycles. The quantitative estimate of drug-likeness (QED) is 0.925. The predicted molar refractivity (Wildman–Crippen MR) is 82.1 cm³/mol. The van der Waals surface area contributed by atoms with Gasteiger partial charge in [0.25, 0.3) is 0 Å². The molecular formula is C15H19BrN2O2. The van der Waals surface area contributed by atoms with E-state index in [1.54, 1.807) is 18.0 Å². The summed E-state index contributed by atoms with van der Waals surface area (Å²) in [6, 6.07) is 6.03. The molecule has 0 spiro atoms. The van der Waals surface area contributed by atoms with Crippen LogP contribution in [0.5, 0.6) is 5.75 Å². The fraction of sp³-hybridized carbons (Fsp3) is 0.400. The molecule has 0 aliphatic carbocycles. The molecule has 0 aliphatic heterocycles. The maximum absolute atomic E-state index is 10.7. The number of hydrogen-bond donors (Lipinski definition) is 1. The number of benzene rings is 1. The van der Waals surface area contributed by atoms with E-state index >= 15 is 0 Å². The van der Waals surface area contributed by atoms with Crippen molar-refractivity contribution in [3.63, 3.8) is 0 Å². The molecule has 2 rings (SSSR count). The van der Waals surface area contributed by atoms with Crippen molar-refractivity contribution in [2.75, 3.05) is 7.11 Å². The van der Waals surface area contributed by atoms with Crippen molar-refractivity contribution in [2.24, 2.45) is 0 Å². The lowest BCUT2D eigenvalue weighted by atomic mass is 10.0. The Labute approximate surface area is 127 Å². The minimum Gasteiger partial charge on any atom is -0.493 e. The third kappa shape index (κ3) is 2.88. The summed E-state index contributed by atoms with van der Waals surface area (Å²) < 4.78 is 8.06. The van der Waals surface area contributed by atoms with Crippen molar-refractivity contribution in [2.45, 2.75) is 32.9 Å². The summed E-state index contributed by atoms with van der Waals surface area (Å²) in [4.78, 5) is 0. The molecule has 0 aliphatic rings. The first-order chi connectivity index (χ1) is 9.43.